The Balaban J connectivity index is 4.58. The molecule has 0 heterocycles. The lowest BCUT2D eigenvalue weighted by molar-refractivity contribution is 0.104. The van der Waals surface area contributed by atoms with Crippen LogP contribution in [-0.2, 0) is 8.85 Å². The lowest BCUT2D eigenvalue weighted by Crippen LogP contribution is -2.45. The molecule has 0 aliphatic rings. The Morgan fingerprint density at radius 3 is 1.81 bits per heavy atom. The van der Waals surface area contributed by atoms with E-state index in [9.17, 15) is 0 Å². The topological polar surface area (TPSA) is 18.5 Å². The molecule has 0 N–H and O–H groups in total. The van der Waals surface area contributed by atoms with Crippen LogP contribution in [0.4, 0.5) is 0 Å². The van der Waals surface area contributed by atoms with Gasteiger partial charge in [0.15, 0.2) is 0 Å². The lowest BCUT2D eigenvalue weighted by Gasteiger charge is -2.34. The van der Waals surface area contributed by atoms with E-state index in [4.69, 9.17) is 8.85 Å². The van der Waals surface area contributed by atoms with Gasteiger partial charge in [-0.3, -0.25) is 0 Å². The zero-order chi connectivity index (χ0) is 12.6. The van der Waals surface area contributed by atoms with Gasteiger partial charge in [-0.25, -0.2) is 0 Å². The van der Waals surface area contributed by atoms with Gasteiger partial charge in [-0.15, -0.1) is 0 Å². The van der Waals surface area contributed by atoms with Crippen molar-refractivity contribution in [1.82, 2.24) is 0 Å². The van der Waals surface area contributed by atoms with Crippen LogP contribution in [0.25, 0.3) is 0 Å². The van der Waals surface area contributed by atoms with Gasteiger partial charge >= 0.3 is 8.56 Å². The SMILES string of the molecule is CCC[Si](CCCS)(OC(C)C)OC(C)C. The van der Waals surface area contributed by atoms with E-state index in [-0.39, 0.29) is 12.2 Å². The van der Waals surface area contributed by atoms with Crippen molar-refractivity contribution in [2.75, 3.05) is 5.75 Å². The Morgan fingerprint density at radius 2 is 1.50 bits per heavy atom. The fraction of sp³-hybridized carbons (Fsp3) is 1.00. The minimum Gasteiger partial charge on any atom is -0.392 e. The average Bonchev–Trinajstić information content (AvgIpc) is 2.13. The fourth-order valence-electron chi connectivity index (χ4n) is 1.98. The quantitative estimate of drug-likeness (QED) is 0.501. The van der Waals surface area contributed by atoms with Crippen molar-refractivity contribution >= 4 is 21.2 Å². The highest BCUT2D eigenvalue weighted by Crippen LogP contribution is 2.26. The number of thiol groups is 1. The summed E-state index contributed by atoms with van der Waals surface area (Å²) in [6.07, 6.45) is 2.75. The first-order valence-corrected chi connectivity index (χ1v) is 9.28. The van der Waals surface area contributed by atoms with E-state index in [2.05, 4.69) is 47.2 Å². The summed E-state index contributed by atoms with van der Waals surface area (Å²) in [5.41, 5.74) is 0. The maximum Gasteiger partial charge on any atom is 0.338 e. The molecule has 0 amide bonds. The molecule has 0 bridgehead atoms. The van der Waals surface area contributed by atoms with Gasteiger partial charge in [-0.2, -0.15) is 12.6 Å². The van der Waals surface area contributed by atoms with E-state index in [1.807, 2.05) is 0 Å². The summed E-state index contributed by atoms with van der Waals surface area (Å²) in [6.45, 7) is 10.6. The van der Waals surface area contributed by atoms with Crippen molar-refractivity contribution in [2.45, 2.75) is 71.8 Å². The van der Waals surface area contributed by atoms with E-state index in [1.54, 1.807) is 0 Å². The van der Waals surface area contributed by atoms with Crippen LogP contribution in [0.15, 0.2) is 0 Å². The summed E-state index contributed by atoms with van der Waals surface area (Å²) in [7, 11) is -1.99. The Kier molecular flexibility index (Phi) is 8.82. The van der Waals surface area contributed by atoms with Gasteiger partial charge in [0.25, 0.3) is 0 Å². The molecule has 0 saturated carbocycles. The molecule has 0 saturated heterocycles. The molecule has 2 nitrogen and oxygen atoms in total. The largest absolute Gasteiger partial charge is 0.392 e. The van der Waals surface area contributed by atoms with Gasteiger partial charge in [0.05, 0.1) is 0 Å². The second kappa shape index (κ2) is 8.56. The van der Waals surface area contributed by atoms with Crippen LogP contribution in [-0.4, -0.2) is 26.5 Å². The van der Waals surface area contributed by atoms with Crippen molar-refractivity contribution in [3.63, 3.8) is 0 Å². The molecule has 0 aromatic carbocycles. The molecule has 0 aromatic rings. The molecule has 16 heavy (non-hydrogen) atoms. The maximum absolute atomic E-state index is 6.17. The highest BCUT2D eigenvalue weighted by Gasteiger charge is 2.37. The second-order valence-electron chi connectivity index (χ2n) is 4.82. The van der Waals surface area contributed by atoms with Crippen molar-refractivity contribution in [1.29, 1.82) is 0 Å². The van der Waals surface area contributed by atoms with Gasteiger partial charge in [-0.1, -0.05) is 13.3 Å². The predicted molar refractivity (Wildman–Crippen MR) is 76.6 cm³/mol. The summed E-state index contributed by atoms with van der Waals surface area (Å²) >= 11 is 4.29. The summed E-state index contributed by atoms with van der Waals surface area (Å²) in [6, 6.07) is 2.16. The average molecular weight is 265 g/mol. The highest BCUT2D eigenvalue weighted by atomic mass is 32.1. The fourth-order valence-corrected chi connectivity index (χ4v) is 6.41. The van der Waals surface area contributed by atoms with E-state index >= 15 is 0 Å². The molecule has 98 valence electrons. The van der Waals surface area contributed by atoms with Crippen LogP contribution < -0.4 is 0 Å². The van der Waals surface area contributed by atoms with Gasteiger partial charge in [0.1, 0.15) is 0 Å². The van der Waals surface area contributed by atoms with Gasteiger partial charge in [-0.05, 0) is 52.0 Å². The first-order valence-electron chi connectivity index (χ1n) is 6.42. The Hall–Kier alpha value is 0.487. The molecule has 0 spiro atoms. The zero-order valence-corrected chi connectivity index (χ0v) is 13.3. The van der Waals surface area contributed by atoms with Crippen LogP contribution in [0.3, 0.4) is 0 Å². The first kappa shape index (κ1) is 16.5. The van der Waals surface area contributed by atoms with Crippen molar-refractivity contribution < 1.29 is 8.85 Å². The standard InChI is InChI=1S/C12H28O2SSi/c1-6-9-16(10-7-8-15,13-11(2)3)14-12(4)5/h11-12,15H,6-10H2,1-5H3. The smallest absolute Gasteiger partial charge is 0.338 e. The molecule has 0 fully saturated rings. The van der Waals surface area contributed by atoms with Crippen LogP contribution in [0.2, 0.25) is 12.1 Å². The lowest BCUT2D eigenvalue weighted by atomic mass is 10.5. The number of hydrogen-bond acceptors (Lipinski definition) is 3. The first-order chi connectivity index (χ1) is 7.45. The number of rotatable bonds is 9. The monoisotopic (exact) mass is 264 g/mol. The molecule has 0 unspecified atom stereocenters. The van der Waals surface area contributed by atoms with Crippen molar-refractivity contribution in [3.05, 3.63) is 0 Å². The Labute approximate surface area is 108 Å². The highest BCUT2D eigenvalue weighted by molar-refractivity contribution is 7.80. The van der Waals surface area contributed by atoms with Gasteiger partial charge in [0.2, 0.25) is 0 Å². The molecule has 0 aliphatic carbocycles. The third-order valence-corrected chi connectivity index (χ3v) is 6.74. The molecule has 0 atom stereocenters. The molecule has 0 aliphatic heterocycles. The van der Waals surface area contributed by atoms with E-state index < -0.39 is 8.56 Å². The van der Waals surface area contributed by atoms with Crippen LogP contribution >= 0.6 is 12.6 Å². The van der Waals surface area contributed by atoms with Crippen LogP contribution in [0.5, 0.6) is 0 Å². The molecular formula is C12H28O2SSi. The Bertz CT molecular complexity index is 164. The predicted octanol–water partition coefficient (Wildman–Crippen LogP) is 4.01. The minimum atomic E-state index is -1.99. The molecular weight excluding hydrogens is 236 g/mol. The van der Waals surface area contributed by atoms with E-state index in [0.717, 1.165) is 30.7 Å². The van der Waals surface area contributed by atoms with E-state index in [0.29, 0.717) is 0 Å². The third-order valence-electron chi connectivity index (χ3n) is 2.25. The van der Waals surface area contributed by atoms with E-state index in [1.165, 1.54) is 0 Å². The second-order valence-corrected chi connectivity index (χ2v) is 8.56. The van der Waals surface area contributed by atoms with Crippen LogP contribution in [0, 0.1) is 0 Å². The van der Waals surface area contributed by atoms with Crippen molar-refractivity contribution in [2.24, 2.45) is 0 Å². The third kappa shape index (κ3) is 6.94. The summed E-state index contributed by atoms with van der Waals surface area (Å²) in [4.78, 5) is 0. The summed E-state index contributed by atoms with van der Waals surface area (Å²) in [5, 5.41) is 0. The molecule has 4 heteroatoms. The zero-order valence-electron chi connectivity index (χ0n) is 11.5. The number of hydrogen-bond donors (Lipinski definition) is 1. The van der Waals surface area contributed by atoms with Gasteiger partial charge < -0.3 is 8.85 Å². The molecule has 0 rings (SSSR count). The van der Waals surface area contributed by atoms with Crippen molar-refractivity contribution in [3.8, 4) is 0 Å². The maximum atomic E-state index is 6.17. The Morgan fingerprint density at radius 1 is 1.00 bits per heavy atom. The molecule has 0 radical (unpaired) electrons. The summed E-state index contributed by atoms with van der Waals surface area (Å²) < 4.78 is 12.3. The summed E-state index contributed by atoms with van der Waals surface area (Å²) in [5.74, 6) is 0.918. The molecule has 0 aromatic heterocycles. The normalized spacial score (nSPS) is 12.8. The minimum absolute atomic E-state index is 0.261. The van der Waals surface area contributed by atoms with Gasteiger partial charge in [0, 0.05) is 12.2 Å². The van der Waals surface area contributed by atoms with Crippen LogP contribution in [0.1, 0.15) is 47.5 Å².